The number of aromatic nitrogens is 1. The number of fused-ring (bicyclic) bond motifs is 1. The second kappa shape index (κ2) is 11.3. The van der Waals surface area contributed by atoms with Crippen molar-refractivity contribution < 1.29 is 23.7 Å². The van der Waals surface area contributed by atoms with E-state index in [1.807, 2.05) is 77.8 Å². The van der Waals surface area contributed by atoms with Crippen molar-refractivity contribution in [2.24, 2.45) is 0 Å². The number of methoxy groups -OCH3 is 3. The van der Waals surface area contributed by atoms with Gasteiger partial charge in [-0.05, 0) is 60.0 Å². The van der Waals surface area contributed by atoms with E-state index in [-0.39, 0.29) is 12.5 Å². The second-order valence-corrected chi connectivity index (χ2v) is 8.08. The minimum absolute atomic E-state index is 0.0426. The summed E-state index contributed by atoms with van der Waals surface area (Å²) in [4.78, 5) is 18.4. The highest BCUT2D eigenvalue weighted by atomic mass is 16.5. The molecule has 1 aromatic heterocycles. The van der Waals surface area contributed by atoms with Gasteiger partial charge in [-0.25, -0.2) is 0 Å². The summed E-state index contributed by atoms with van der Waals surface area (Å²) >= 11 is 0. The van der Waals surface area contributed by atoms with Crippen LogP contribution in [-0.2, 0) is 17.8 Å². The molecule has 0 fully saturated rings. The van der Waals surface area contributed by atoms with Crippen LogP contribution in [0.3, 0.4) is 0 Å². The van der Waals surface area contributed by atoms with Crippen molar-refractivity contribution in [3.8, 4) is 23.0 Å². The molecule has 0 aliphatic heterocycles. The fraction of sp³-hybridized carbons (Fsp3) is 0.250. The van der Waals surface area contributed by atoms with Gasteiger partial charge in [0, 0.05) is 30.2 Å². The first-order chi connectivity index (χ1) is 17.1. The molecule has 0 aliphatic rings. The van der Waals surface area contributed by atoms with Crippen LogP contribution in [0.25, 0.3) is 10.9 Å². The molecule has 1 amide bonds. The monoisotopic (exact) mass is 474 g/mol. The number of nitrogens with one attached hydrogen (secondary N) is 1. The Morgan fingerprint density at radius 2 is 1.66 bits per heavy atom. The predicted molar refractivity (Wildman–Crippen MR) is 135 cm³/mol. The van der Waals surface area contributed by atoms with Gasteiger partial charge in [-0.15, -0.1) is 0 Å². The molecule has 1 N–H and O–H groups in total. The van der Waals surface area contributed by atoms with E-state index in [1.165, 1.54) is 0 Å². The van der Waals surface area contributed by atoms with E-state index < -0.39 is 0 Å². The Hall–Kier alpha value is -4.13. The minimum Gasteiger partial charge on any atom is -0.497 e. The number of ether oxygens (including phenoxy) is 4. The summed E-state index contributed by atoms with van der Waals surface area (Å²) in [6.07, 6.45) is 2.67. The molecule has 4 rings (SSSR count). The number of carbonyl (C=O) groups excluding carboxylic acids is 1. The van der Waals surface area contributed by atoms with Crippen molar-refractivity contribution in [3.63, 3.8) is 0 Å². The maximum absolute atomic E-state index is 13.2. The van der Waals surface area contributed by atoms with Gasteiger partial charge in [-0.2, -0.15) is 0 Å². The van der Waals surface area contributed by atoms with E-state index >= 15 is 0 Å². The van der Waals surface area contributed by atoms with Crippen LogP contribution in [-0.4, -0.2) is 50.3 Å². The Morgan fingerprint density at radius 1 is 0.857 bits per heavy atom. The first-order valence-electron chi connectivity index (χ1n) is 11.4. The molecule has 0 bridgehead atoms. The zero-order chi connectivity index (χ0) is 24.6. The fourth-order valence-electron chi connectivity index (χ4n) is 3.99. The van der Waals surface area contributed by atoms with E-state index in [4.69, 9.17) is 18.9 Å². The largest absolute Gasteiger partial charge is 0.497 e. The van der Waals surface area contributed by atoms with E-state index in [2.05, 4.69) is 4.98 Å². The molecule has 7 nitrogen and oxygen atoms in total. The average molecular weight is 475 g/mol. The van der Waals surface area contributed by atoms with Crippen molar-refractivity contribution in [3.05, 3.63) is 84.1 Å². The molecule has 35 heavy (non-hydrogen) atoms. The number of nitrogens with zero attached hydrogens (tertiary/aromatic N) is 1. The zero-order valence-electron chi connectivity index (χ0n) is 20.2. The Balaban J connectivity index is 1.53. The second-order valence-electron chi connectivity index (χ2n) is 8.08. The predicted octanol–water partition coefficient (Wildman–Crippen LogP) is 4.84. The normalized spacial score (nSPS) is 10.7. The van der Waals surface area contributed by atoms with Crippen LogP contribution in [0.1, 0.15) is 11.1 Å². The number of hydrogen-bond acceptors (Lipinski definition) is 5. The molecule has 0 atom stereocenters. The maximum Gasteiger partial charge on any atom is 0.260 e. The maximum atomic E-state index is 13.2. The van der Waals surface area contributed by atoms with Crippen LogP contribution in [0.4, 0.5) is 0 Å². The van der Waals surface area contributed by atoms with Crippen LogP contribution in [0, 0.1) is 0 Å². The van der Waals surface area contributed by atoms with E-state index in [0.717, 1.165) is 27.8 Å². The molecule has 0 radical (unpaired) electrons. The zero-order valence-corrected chi connectivity index (χ0v) is 20.2. The summed E-state index contributed by atoms with van der Waals surface area (Å²) in [5.74, 6) is 2.64. The van der Waals surface area contributed by atoms with Gasteiger partial charge in [0.1, 0.15) is 11.5 Å². The number of hydrogen-bond donors (Lipinski definition) is 1. The summed E-state index contributed by atoms with van der Waals surface area (Å²) in [6.45, 7) is 0.900. The van der Waals surface area contributed by atoms with Gasteiger partial charge in [0.05, 0.1) is 21.3 Å². The van der Waals surface area contributed by atoms with Gasteiger partial charge in [-0.1, -0.05) is 24.3 Å². The molecule has 1 heterocycles. The van der Waals surface area contributed by atoms with Gasteiger partial charge < -0.3 is 28.8 Å². The molecule has 7 heteroatoms. The third-order valence-corrected chi connectivity index (χ3v) is 5.91. The van der Waals surface area contributed by atoms with Crippen LogP contribution in [0.5, 0.6) is 23.0 Å². The highest BCUT2D eigenvalue weighted by Gasteiger charge is 2.17. The quantitative estimate of drug-likeness (QED) is 0.337. The minimum atomic E-state index is -0.0962. The summed E-state index contributed by atoms with van der Waals surface area (Å²) in [5, 5.41) is 1.09. The van der Waals surface area contributed by atoms with Gasteiger partial charge in [0.15, 0.2) is 18.1 Å². The third-order valence-electron chi connectivity index (χ3n) is 5.91. The Kier molecular flexibility index (Phi) is 7.77. The van der Waals surface area contributed by atoms with Crippen molar-refractivity contribution >= 4 is 16.8 Å². The highest BCUT2D eigenvalue weighted by Crippen LogP contribution is 2.28. The number of para-hydroxylation sites is 1. The molecular weight excluding hydrogens is 444 g/mol. The molecule has 0 saturated carbocycles. The first kappa shape index (κ1) is 24.0. The SMILES string of the molecule is COc1ccc2[nH]cc(CCN(Cc3ccc(OC)c(OC)c3)C(=O)COc3ccccc3)c2c1. The number of rotatable bonds is 11. The smallest absolute Gasteiger partial charge is 0.260 e. The summed E-state index contributed by atoms with van der Waals surface area (Å²) in [5.41, 5.74) is 3.09. The van der Waals surface area contributed by atoms with Gasteiger partial charge in [-0.3, -0.25) is 4.79 Å². The van der Waals surface area contributed by atoms with Crippen molar-refractivity contribution in [1.29, 1.82) is 0 Å². The number of benzene rings is 3. The van der Waals surface area contributed by atoms with Gasteiger partial charge >= 0.3 is 0 Å². The van der Waals surface area contributed by atoms with Crippen molar-refractivity contribution in [2.75, 3.05) is 34.5 Å². The first-order valence-corrected chi connectivity index (χ1v) is 11.4. The Labute approximate surface area is 205 Å². The van der Waals surface area contributed by atoms with Gasteiger partial charge in [0.2, 0.25) is 0 Å². The molecule has 0 aliphatic carbocycles. The standard InChI is InChI=1S/C28H30N2O5/c1-32-23-10-11-25-24(16-23)21(17-29-25)13-14-30(28(31)19-35-22-7-5-4-6-8-22)18-20-9-12-26(33-2)27(15-20)34-3/h4-12,15-17,29H,13-14,18-19H2,1-3H3. The Bertz CT molecular complexity index is 1270. The lowest BCUT2D eigenvalue weighted by molar-refractivity contribution is -0.134. The number of H-pyrrole nitrogens is 1. The van der Waals surface area contributed by atoms with E-state index in [0.29, 0.717) is 36.8 Å². The lowest BCUT2D eigenvalue weighted by Crippen LogP contribution is -2.36. The lowest BCUT2D eigenvalue weighted by atomic mass is 10.1. The molecule has 3 aromatic carbocycles. The number of amides is 1. The van der Waals surface area contributed by atoms with Crippen LogP contribution < -0.4 is 18.9 Å². The average Bonchev–Trinajstić information content (AvgIpc) is 3.32. The molecule has 0 unspecified atom stereocenters. The summed E-state index contributed by atoms with van der Waals surface area (Å²) in [6, 6.07) is 21.0. The topological polar surface area (TPSA) is 73.0 Å². The molecular formula is C28H30N2O5. The van der Waals surface area contributed by atoms with Gasteiger partial charge in [0.25, 0.3) is 5.91 Å². The number of carbonyl (C=O) groups is 1. The van der Waals surface area contributed by atoms with Crippen LogP contribution >= 0.6 is 0 Å². The highest BCUT2D eigenvalue weighted by molar-refractivity contribution is 5.84. The van der Waals surface area contributed by atoms with Crippen molar-refractivity contribution in [1.82, 2.24) is 9.88 Å². The van der Waals surface area contributed by atoms with Crippen molar-refractivity contribution in [2.45, 2.75) is 13.0 Å². The third kappa shape index (κ3) is 5.87. The molecule has 4 aromatic rings. The van der Waals surface area contributed by atoms with E-state index in [1.54, 1.807) is 21.3 Å². The summed E-state index contributed by atoms with van der Waals surface area (Å²) < 4.78 is 21.9. The molecule has 0 spiro atoms. The lowest BCUT2D eigenvalue weighted by Gasteiger charge is -2.23. The summed E-state index contributed by atoms with van der Waals surface area (Å²) in [7, 11) is 4.86. The fourth-order valence-corrected chi connectivity index (χ4v) is 3.99. The molecule has 0 saturated heterocycles. The Morgan fingerprint density at radius 3 is 2.40 bits per heavy atom. The van der Waals surface area contributed by atoms with E-state index in [9.17, 15) is 4.79 Å². The van der Waals surface area contributed by atoms with Crippen LogP contribution in [0.15, 0.2) is 72.9 Å². The number of aromatic amines is 1. The van der Waals surface area contributed by atoms with Crippen LogP contribution in [0.2, 0.25) is 0 Å². The molecule has 182 valence electrons.